The lowest BCUT2D eigenvalue weighted by Gasteiger charge is -2.18. The van der Waals surface area contributed by atoms with Crippen LogP contribution >= 0.6 is 0 Å². The van der Waals surface area contributed by atoms with E-state index in [-0.39, 0.29) is 17.6 Å². The van der Waals surface area contributed by atoms with Gasteiger partial charge in [0, 0.05) is 17.0 Å². The second-order valence-corrected chi connectivity index (χ2v) is 5.20. The first kappa shape index (κ1) is 12.0. The van der Waals surface area contributed by atoms with Crippen LogP contribution < -0.4 is 0 Å². The third-order valence-corrected chi connectivity index (χ3v) is 3.87. The number of hydrogen-bond acceptors (Lipinski definition) is 3. The average Bonchev–Trinajstić information content (AvgIpc) is 2.82. The van der Waals surface area contributed by atoms with Gasteiger partial charge in [0.25, 0.3) is 0 Å². The Labute approximate surface area is 98.2 Å². The molecule has 17 heavy (non-hydrogen) atoms. The van der Waals surface area contributed by atoms with Crippen molar-refractivity contribution in [2.75, 3.05) is 6.61 Å². The molecule has 0 heterocycles. The molecule has 2 rings (SSSR count). The van der Waals surface area contributed by atoms with E-state index in [1.807, 2.05) is 13.8 Å². The molecule has 92 valence electrons. The van der Waals surface area contributed by atoms with Crippen molar-refractivity contribution < 1.29 is 14.4 Å². The summed E-state index contributed by atoms with van der Waals surface area (Å²) in [6.07, 6.45) is 0.634. The lowest BCUT2D eigenvalue weighted by molar-refractivity contribution is -0.387. The van der Waals surface area contributed by atoms with Gasteiger partial charge in [-0.15, -0.1) is 0 Å². The fourth-order valence-electron chi connectivity index (χ4n) is 2.56. The second kappa shape index (κ2) is 3.50. The van der Waals surface area contributed by atoms with Crippen molar-refractivity contribution in [3.63, 3.8) is 0 Å². The van der Waals surface area contributed by atoms with E-state index in [4.69, 9.17) is 0 Å². The minimum absolute atomic E-state index is 0.196. The highest BCUT2D eigenvalue weighted by Crippen LogP contribution is 2.64. The fourth-order valence-corrected chi connectivity index (χ4v) is 2.56. The summed E-state index contributed by atoms with van der Waals surface area (Å²) in [5.74, 6) is -0.822. The Morgan fingerprint density at radius 3 is 2.53 bits per heavy atom. The molecule has 5 heteroatoms. The maximum absolute atomic E-state index is 14.0. The molecule has 0 spiro atoms. The Morgan fingerprint density at radius 1 is 1.53 bits per heavy atom. The predicted octanol–water partition coefficient (Wildman–Crippen LogP) is 2.39. The summed E-state index contributed by atoms with van der Waals surface area (Å²) in [4.78, 5) is 9.94. The number of nitro groups is 1. The molecule has 0 aliphatic heterocycles. The molecule has 0 amide bonds. The van der Waals surface area contributed by atoms with E-state index in [1.54, 1.807) is 0 Å². The first-order chi connectivity index (χ1) is 7.85. The number of rotatable bonds is 3. The van der Waals surface area contributed by atoms with Gasteiger partial charge in [-0.1, -0.05) is 26.0 Å². The molecule has 4 nitrogen and oxygen atoms in total. The number of hydrogen-bond donors (Lipinski definition) is 1. The van der Waals surface area contributed by atoms with Crippen molar-refractivity contribution in [1.82, 2.24) is 0 Å². The first-order valence-corrected chi connectivity index (χ1v) is 5.40. The van der Waals surface area contributed by atoms with Crippen LogP contribution in [0.5, 0.6) is 0 Å². The van der Waals surface area contributed by atoms with Crippen molar-refractivity contribution in [1.29, 1.82) is 0 Å². The third kappa shape index (κ3) is 1.53. The lowest BCUT2D eigenvalue weighted by Crippen LogP contribution is -2.21. The van der Waals surface area contributed by atoms with Crippen molar-refractivity contribution >= 4 is 5.69 Å². The van der Waals surface area contributed by atoms with E-state index >= 15 is 0 Å². The Balaban J connectivity index is 2.55. The Bertz CT molecular complexity index is 487. The number of aliphatic hydroxyl groups is 1. The van der Waals surface area contributed by atoms with Crippen molar-refractivity contribution in [2.24, 2.45) is 5.41 Å². The smallest absolute Gasteiger partial charge is 0.305 e. The molecule has 1 aromatic carbocycles. The van der Waals surface area contributed by atoms with Crippen LogP contribution in [0.3, 0.4) is 0 Å². The van der Waals surface area contributed by atoms with E-state index < -0.39 is 21.8 Å². The van der Waals surface area contributed by atoms with E-state index in [9.17, 15) is 19.6 Å². The summed E-state index contributed by atoms with van der Waals surface area (Å²) in [7, 11) is 0. The number of benzene rings is 1. The highest BCUT2D eigenvalue weighted by molar-refractivity contribution is 5.45. The first-order valence-electron chi connectivity index (χ1n) is 5.40. The Morgan fingerprint density at radius 2 is 2.12 bits per heavy atom. The Hall–Kier alpha value is -1.49. The minimum Gasteiger partial charge on any atom is -0.395 e. The van der Waals surface area contributed by atoms with Crippen LogP contribution in [0, 0.1) is 21.3 Å². The van der Waals surface area contributed by atoms with Gasteiger partial charge >= 0.3 is 5.69 Å². The minimum atomic E-state index is -0.822. The second-order valence-electron chi connectivity index (χ2n) is 5.20. The molecule has 0 radical (unpaired) electrons. The van der Waals surface area contributed by atoms with Gasteiger partial charge in [-0.05, 0) is 11.8 Å². The number of aliphatic hydroxyl groups excluding tert-OH is 1. The molecule has 1 N–H and O–H groups in total. The molecule has 1 saturated carbocycles. The van der Waals surface area contributed by atoms with Crippen molar-refractivity contribution in [3.05, 3.63) is 39.7 Å². The quantitative estimate of drug-likeness (QED) is 0.650. The highest BCUT2D eigenvalue weighted by Gasteiger charge is 2.63. The summed E-state index contributed by atoms with van der Waals surface area (Å²) in [6, 6.07) is 4.12. The van der Waals surface area contributed by atoms with E-state index in [2.05, 4.69) is 0 Å². The van der Waals surface area contributed by atoms with E-state index in [0.717, 1.165) is 6.07 Å². The maximum atomic E-state index is 14.0. The summed E-state index contributed by atoms with van der Waals surface area (Å²) >= 11 is 0. The van der Waals surface area contributed by atoms with Gasteiger partial charge in [-0.25, -0.2) is 0 Å². The van der Waals surface area contributed by atoms with Crippen LogP contribution in [0.15, 0.2) is 18.2 Å². The van der Waals surface area contributed by atoms with E-state index in [1.165, 1.54) is 12.1 Å². The van der Waals surface area contributed by atoms with Crippen LogP contribution in [0.25, 0.3) is 0 Å². The molecule has 1 unspecified atom stereocenters. The zero-order valence-corrected chi connectivity index (χ0v) is 9.74. The third-order valence-electron chi connectivity index (χ3n) is 3.87. The van der Waals surface area contributed by atoms with Crippen molar-refractivity contribution in [3.8, 4) is 0 Å². The van der Waals surface area contributed by atoms with Crippen LogP contribution in [-0.4, -0.2) is 16.6 Å². The number of nitrogens with zero attached hydrogens (tertiary/aromatic N) is 1. The maximum Gasteiger partial charge on any atom is 0.305 e. The average molecular weight is 239 g/mol. The normalized spacial score (nSPS) is 25.6. The lowest BCUT2D eigenvalue weighted by atomic mass is 9.88. The number of nitro benzene ring substituents is 1. The van der Waals surface area contributed by atoms with Crippen LogP contribution in [0.4, 0.5) is 10.1 Å². The largest absolute Gasteiger partial charge is 0.395 e. The molecule has 1 aliphatic rings. The highest BCUT2D eigenvalue weighted by atomic mass is 19.1. The van der Waals surface area contributed by atoms with Gasteiger partial charge in [0.1, 0.15) is 0 Å². The standard InChI is InChI=1S/C12H14FNO3/c1-11(2)6-12(11,7-15)8-4-3-5-9(10(8)13)14(16)17/h3-5,15H,6-7H2,1-2H3. The molecule has 1 aliphatic carbocycles. The van der Waals surface area contributed by atoms with Crippen LogP contribution in [-0.2, 0) is 5.41 Å². The van der Waals surface area contributed by atoms with Gasteiger partial charge < -0.3 is 5.11 Å². The Kier molecular flexibility index (Phi) is 2.47. The van der Waals surface area contributed by atoms with E-state index in [0.29, 0.717) is 6.42 Å². The summed E-state index contributed by atoms with van der Waals surface area (Å²) in [6.45, 7) is 3.64. The summed E-state index contributed by atoms with van der Waals surface area (Å²) < 4.78 is 14.0. The van der Waals surface area contributed by atoms with Gasteiger partial charge in [-0.2, -0.15) is 4.39 Å². The zero-order chi connectivity index (χ0) is 12.8. The molecule has 1 atom stereocenters. The van der Waals surface area contributed by atoms with Crippen molar-refractivity contribution in [2.45, 2.75) is 25.7 Å². The molecule has 0 bridgehead atoms. The monoisotopic (exact) mass is 239 g/mol. The summed E-state index contributed by atoms with van der Waals surface area (Å²) in [5.41, 5.74) is -1.18. The molecule has 0 saturated heterocycles. The predicted molar refractivity (Wildman–Crippen MR) is 60.2 cm³/mol. The van der Waals surface area contributed by atoms with Gasteiger partial charge in [0.15, 0.2) is 0 Å². The molecule has 0 aromatic heterocycles. The van der Waals surface area contributed by atoms with Crippen LogP contribution in [0.2, 0.25) is 0 Å². The summed E-state index contributed by atoms with van der Waals surface area (Å²) in [5, 5.41) is 20.1. The molecule has 1 aromatic rings. The molecular formula is C12H14FNO3. The molecular weight excluding hydrogens is 225 g/mol. The zero-order valence-electron chi connectivity index (χ0n) is 9.74. The number of halogens is 1. The fraction of sp³-hybridized carbons (Fsp3) is 0.500. The van der Waals surface area contributed by atoms with Gasteiger partial charge in [-0.3, -0.25) is 10.1 Å². The topological polar surface area (TPSA) is 63.4 Å². The molecule has 1 fully saturated rings. The SMILES string of the molecule is CC1(C)CC1(CO)c1cccc([N+](=O)[O-])c1F. The van der Waals surface area contributed by atoms with Crippen LogP contribution in [0.1, 0.15) is 25.8 Å². The van der Waals surface area contributed by atoms with Gasteiger partial charge in [0.2, 0.25) is 5.82 Å². The van der Waals surface area contributed by atoms with Gasteiger partial charge in [0.05, 0.1) is 11.5 Å².